The van der Waals surface area contributed by atoms with E-state index < -0.39 is 6.04 Å². The molecule has 1 aromatic rings. The van der Waals surface area contributed by atoms with Gasteiger partial charge in [-0.25, -0.2) is 0 Å². The van der Waals surface area contributed by atoms with Crippen molar-refractivity contribution in [2.45, 2.75) is 50.6 Å². The van der Waals surface area contributed by atoms with Gasteiger partial charge in [0, 0.05) is 19.1 Å². The van der Waals surface area contributed by atoms with E-state index in [1.165, 1.54) is 32.4 Å². The molecule has 4 nitrogen and oxygen atoms in total. The zero-order valence-corrected chi connectivity index (χ0v) is 16.4. The molecule has 0 saturated carbocycles. The van der Waals surface area contributed by atoms with Gasteiger partial charge >= 0.3 is 0 Å². The van der Waals surface area contributed by atoms with Crippen LogP contribution in [0.2, 0.25) is 0 Å². The van der Waals surface area contributed by atoms with Gasteiger partial charge in [-0.15, -0.1) is 24.8 Å². The fraction of sp³-hybridized carbons (Fsp3) is 0.632. The van der Waals surface area contributed by atoms with Crippen molar-refractivity contribution in [1.29, 1.82) is 0 Å². The molecule has 25 heavy (non-hydrogen) atoms. The number of hydrogen-bond acceptors (Lipinski definition) is 3. The van der Waals surface area contributed by atoms with Gasteiger partial charge in [0.1, 0.15) is 0 Å². The molecule has 6 heteroatoms. The SMILES string of the molecule is Cl.Cl.NC(Cc1ccccc1)C(=O)N1CCCC(N2CCCC2)CC1. The van der Waals surface area contributed by atoms with Gasteiger partial charge in [0.25, 0.3) is 0 Å². The van der Waals surface area contributed by atoms with E-state index in [0.717, 1.165) is 31.5 Å². The minimum absolute atomic E-state index is 0. The van der Waals surface area contributed by atoms with Crippen LogP contribution in [0.25, 0.3) is 0 Å². The Hall–Kier alpha value is -0.810. The summed E-state index contributed by atoms with van der Waals surface area (Å²) in [6, 6.07) is 10.3. The summed E-state index contributed by atoms with van der Waals surface area (Å²) in [5.74, 6) is 0.121. The van der Waals surface area contributed by atoms with Crippen molar-refractivity contribution in [2.75, 3.05) is 26.2 Å². The van der Waals surface area contributed by atoms with E-state index in [9.17, 15) is 4.79 Å². The van der Waals surface area contributed by atoms with Gasteiger partial charge in [0.15, 0.2) is 0 Å². The molecule has 2 heterocycles. The molecule has 1 aromatic carbocycles. The fourth-order valence-electron chi connectivity index (χ4n) is 3.96. The fourth-order valence-corrected chi connectivity index (χ4v) is 3.96. The molecule has 2 saturated heterocycles. The van der Waals surface area contributed by atoms with Crippen molar-refractivity contribution in [3.8, 4) is 0 Å². The van der Waals surface area contributed by atoms with Crippen LogP contribution in [-0.4, -0.2) is 54.0 Å². The van der Waals surface area contributed by atoms with Gasteiger partial charge in [0.05, 0.1) is 6.04 Å². The summed E-state index contributed by atoms with van der Waals surface area (Å²) in [6.45, 7) is 4.21. The van der Waals surface area contributed by atoms with Crippen LogP contribution >= 0.6 is 24.8 Å². The van der Waals surface area contributed by atoms with Crippen LogP contribution in [0.4, 0.5) is 0 Å². The number of carbonyl (C=O) groups is 1. The zero-order valence-electron chi connectivity index (χ0n) is 14.8. The number of halogens is 2. The quantitative estimate of drug-likeness (QED) is 0.863. The number of nitrogens with two attached hydrogens (primary N) is 1. The van der Waals surface area contributed by atoms with Crippen molar-refractivity contribution in [3.63, 3.8) is 0 Å². The standard InChI is InChI=1S/C19H29N3O.2ClH/c20-18(15-16-7-2-1-3-8-16)19(23)22-13-6-9-17(10-14-22)21-11-4-5-12-21;;/h1-3,7-8,17-18H,4-6,9-15,20H2;2*1H. The summed E-state index contributed by atoms with van der Waals surface area (Å²) in [5.41, 5.74) is 7.32. The molecule has 2 aliphatic heterocycles. The largest absolute Gasteiger partial charge is 0.341 e. The number of benzene rings is 1. The molecule has 2 unspecified atom stereocenters. The monoisotopic (exact) mass is 387 g/mol. The normalized spacial score (nSPS) is 22.4. The minimum atomic E-state index is -0.416. The van der Waals surface area contributed by atoms with Gasteiger partial charge in [0.2, 0.25) is 5.91 Å². The number of amides is 1. The Kier molecular flexibility index (Phi) is 9.80. The van der Waals surface area contributed by atoms with E-state index in [2.05, 4.69) is 4.90 Å². The summed E-state index contributed by atoms with van der Waals surface area (Å²) in [5, 5.41) is 0. The summed E-state index contributed by atoms with van der Waals surface area (Å²) in [7, 11) is 0. The molecule has 2 N–H and O–H groups in total. The van der Waals surface area contributed by atoms with Crippen molar-refractivity contribution < 1.29 is 4.79 Å². The highest BCUT2D eigenvalue weighted by molar-refractivity contribution is 5.85. The van der Waals surface area contributed by atoms with Gasteiger partial charge < -0.3 is 15.5 Å². The number of hydrogen-bond donors (Lipinski definition) is 1. The van der Waals surface area contributed by atoms with E-state index in [1.54, 1.807) is 0 Å². The molecule has 2 fully saturated rings. The smallest absolute Gasteiger partial charge is 0.239 e. The van der Waals surface area contributed by atoms with E-state index in [0.29, 0.717) is 12.5 Å². The Balaban J connectivity index is 0.00000156. The first-order valence-corrected chi connectivity index (χ1v) is 9.06. The lowest BCUT2D eigenvalue weighted by Gasteiger charge is -2.27. The second kappa shape index (κ2) is 11.0. The van der Waals surface area contributed by atoms with Crippen LogP contribution in [-0.2, 0) is 11.2 Å². The van der Waals surface area contributed by atoms with Crippen LogP contribution in [0.5, 0.6) is 0 Å². The third-order valence-electron chi connectivity index (χ3n) is 5.28. The molecule has 0 spiro atoms. The number of carbonyl (C=O) groups excluding carboxylic acids is 1. The molecule has 2 atom stereocenters. The highest BCUT2D eigenvalue weighted by Crippen LogP contribution is 2.21. The first-order chi connectivity index (χ1) is 11.2. The molecule has 0 aliphatic carbocycles. The molecular weight excluding hydrogens is 357 g/mol. The first kappa shape index (κ1) is 22.2. The highest BCUT2D eigenvalue weighted by Gasteiger charge is 2.28. The van der Waals surface area contributed by atoms with Crippen LogP contribution in [0, 0.1) is 0 Å². The molecule has 1 amide bonds. The van der Waals surface area contributed by atoms with Crippen LogP contribution < -0.4 is 5.73 Å². The van der Waals surface area contributed by atoms with Crippen LogP contribution in [0.15, 0.2) is 30.3 Å². The topological polar surface area (TPSA) is 49.6 Å². The van der Waals surface area contributed by atoms with E-state index in [-0.39, 0.29) is 30.7 Å². The molecular formula is C19H31Cl2N3O. The first-order valence-electron chi connectivity index (χ1n) is 9.06. The van der Waals surface area contributed by atoms with Crippen LogP contribution in [0.1, 0.15) is 37.7 Å². The van der Waals surface area contributed by atoms with Gasteiger partial charge in [-0.3, -0.25) is 4.79 Å². The Morgan fingerprint density at radius 3 is 2.36 bits per heavy atom. The Morgan fingerprint density at radius 1 is 1.00 bits per heavy atom. The van der Waals surface area contributed by atoms with Gasteiger partial charge in [-0.05, 0) is 57.2 Å². The summed E-state index contributed by atoms with van der Waals surface area (Å²) < 4.78 is 0. The number of likely N-dealkylation sites (tertiary alicyclic amines) is 2. The van der Waals surface area contributed by atoms with E-state index in [4.69, 9.17) is 5.73 Å². The van der Waals surface area contributed by atoms with Gasteiger partial charge in [-0.2, -0.15) is 0 Å². The molecule has 0 radical (unpaired) electrons. The van der Waals surface area contributed by atoms with Crippen molar-refractivity contribution in [1.82, 2.24) is 9.80 Å². The minimum Gasteiger partial charge on any atom is -0.341 e. The predicted octanol–water partition coefficient (Wildman–Crippen LogP) is 2.88. The Bertz CT molecular complexity index is 509. The van der Waals surface area contributed by atoms with Crippen molar-refractivity contribution in [3.05, 3.63) is 35.9 Å². The lowest BCUT2D eigenvalue weighted by molar-refractivity contribution is -0.132. The lowest BCUT2D eigenvalue weighted by atomic mass is 10.1. The van der Waals surface area contributed by atoms with Crippen LogP contribution in [0.3, 0.4) is 0 Å². The number of rotatable bonds is 4. The van der Waals surface area contributed by atoms with Crippen molar-refractivity contribution in [2.24, 2.45) is 5.73 Å². The summed E-state index contributed by atoms with van der Waals surface area (Å²) >= 11 is 0. The summed E-state index contributed by atoms with van der Waals surface area (Å²) in [6.07, 6.45) is 6.72. The molecule has 2 aliphatic rings. The maximum atomic E-state index is 12.7. The Morgan fingerprint density at radius 2 is 1.68 bits per heavy atom. The second-order valence-electron chi connectivity index (χ2n) is 6.95. The average molecular weight is 388 g/mol. The maximum Gasteiger partial charge on any atom is 0.239 e. The maximum absolute atomic E-state index is 12.7. The predicted molar refractivity (Wildman–Crippen MR) is 108 cm³/mol. The lowest BCUT2D eigenvalue weighted by Crippen LogP contribution is -2.45. The number of nitrogens with zero attached hydrogens (tertiary/aromatic N) is 2. The molecule has 142 valence electrons. The zero-order chi connectivity index (χ0) is 16.1. The summed E-state index contributed by atoms with van der Waals surface area (Å²) in [4.78, 5) is 17.3. The molecule has 3 rings (SSSR count). The highest BCUT2D eigenvalue weighted by atomic mass is 35.5. The van der Waals surface area contributed by atoms with Crippen molar-refractivity contribution >= 4 is 30.7 Å². The van der Waals surface area contributed by atoms with E-state index >= 15 is 0 Å². The average Bonchev–Trinajstić information content (AvgIpc) is 3.00. The third kappa shape index (κ3) is 6.14. The molecule has 0 aromatic heterocycles. The Labute approximate surface area is 163 Å². The third-order valence-corrected chi connectivity index (χ3v) is 5.28. The van der Waals surface area contributed by atoms with E-state index in [1.807, 2.05) is 35.2 Å². The van der Waals surface area contributed by atoms with Gasteiger partial charge in [-0.1, -0.05) is 30.3 Å². The molecule has 0 bridgehead atoms. The second-order valence-corrected chi connectivity index (χ2v) is 6.95.